The van der Waals surface area contributed by atoms with Gasteiger partial charge in [-0.25, -0.2) is 9.97 Å². The molecule has 0 spiro atoms. The van der Waals surface area contributed by atoms with Gasteiger partial charge in [-0.05, 0) is 18.8 Å². The summed E-state index contributed by atoms with van der Waals surface area (Å²) in [6, 6.07) is 1.74. The van der Waals surface area contributed by atoms with Gasteiger partial charge in [0.05, 0.1) is 7.11 Å². The number of hydrogen-bond acceptors (Lipinski definition) is 5. The molecule has 1 rings (SSSR count). The first kappa shape index (κ1) is 16.2. The van der Waals surface area contributed by atoms with E-state index >= 15 is 0 Å². The van der Waals surface area contributed by atoms with Gasteiger partial charge < -0.3 is 15.2 Å². The highest BCUT2D eigenvalue weighted by Crippen LogP contribution is 2.18. The van der Waals surface area contributed by atoms with Crippen molar-refractivity contribution in [3.8, 4) is 5.88 Å². The van der Waals surface area contributed by atoms with Crippen molar-refractivity contribution in [1.82, 2.24) is 9.97 Å². The van der Waals surface area contributed by atoms with E-state index in [4.69, 9.17) is 9.84 Å². The van der Waals surface area contributed by atoms with Crippen LogP contribution in [0.4, 0.5) is 5.82 Å². The molecule has 0 fully saturated rings. The number of hydrogen-bond donors (Lipinski definition) is 2. The van der Waals surface area contributed by atoms with Crippen LogP contribution in [0.5, 0.6) is 5.88 Å². The minimum absolute atomic E-state index is 0.242. The maximum atomic E-state index is 10.6. The Kier molecular flexibility index (Phi) is 7.39. The summed E-state index contributed by atoms with van der Waals surface area (Å²) in [6.07, 6.45) is 5.50. The monoisotopic (exact) mass is 281 g/mol. The van der Waals surface area contributed by atoms with E-state index in [9.17, 15) is 4.79 Å². The zero-order chi connectivity index (χ0) is 14.8. The Morgan fingerprint density at radius 2 is 2.20 bits per heavy atom. The van der Waals surface area contributed by atoms with Crippen molar-refractivity contribution >= 4 is 11.8 Å². The number of aliphatic carboxylic acids is 1. The number of aromatic nitrogens is 2. The lowest BCUT2D eigenvalue weighted by atomic mass is 9.94. The Hall–Kier alpha value is -1.85. The third-order valence-electron chi connectivity index (χ3n) is 3.17. The van der Waals surface area contributed by atoms with Crippen LogP contribution in [0, 0.1) is 5.92 Å². The summed E-state index contributed by atoms with van der Waals surface area (Å²) in [4.78, 5) is 18.7. The molecule has 0 bridgehead atoms. The summed E-state index contributed by atoms with van der Waals surface area (Å²) >= 11 is 0. The standard InChI is InChI=1S/C14H23N3O3/c1-3-4-11(5-6-14(18)19)7-8-15-12-9-13(20-2)17-10-16-12/h9-11H,3-8H2,1-2H3,(H,18,19)(H,15,16,17). The molecule has 0 amide bonds. The summed E-state index contributed by atoms with van der Waals surface area (Å²) < 4.78 is 5.03. The molecule has 20 heavy (non-hydrogen) atoms. The lowest BCUT2D eigenvalue weighted by Crippen LogP contribution is -2.11. The van der Waals surface area contributed by atoms with Crippen molar-refractivity contribution in [2.75, 3.05) is 19.0 Å². The van der Waals surface area contributed by atoms with Gasteiger partial charge in [0.1, 0.15) is 12.1 Å². The second kappa shape index (κ2) is 9.12. The smallest absolute Gasteiger partial charge is 0.303 e. The first-order valence-electron chi connectivity index (χ1n) is 6.97. The number of nitrogens with zero attached hydrogens (tertiary/aromatic N) is 2. The second-order valence-electron chi connectivity index (χ2n) is 4.75. The lowest BCUT2D eigenvalue weighted by Gasteiger charge is -2.15. The van der Waals surface area contributed by atoms with Gasteiger partial charge in [0.2, 0.25) is 5.88 Å². The number of nitrogens with one attached hydrogen (secondary N) is 1. The van der Waals surface area contributed by atoms with Crippen LogP contribution in [-0.4, -0.2) is 34.7 Å². The zero-order valence-corrected chi connectivity index (χ0v) is 12.1. The molecule has 1 unspecified atom stereocenters. The molecule has 0 aliphatic heterocycles. The molecule has 1 heterocycles. The van der Waals surface area contributed by atoms with Crippen molar-refractivity contribution in [3.63, 3.8) is 0 Å². The maximum absolute atomic E-state index is 10.6. The van der Waals surface area contributed by atoms with Gasteiger partial charge in [0.15, 0.2) is 0 Å². The summed E-state index contributed by atoms with van der Waals surface area (Å²) in [6.45, 7) is 2.89. The first-order valence-corrected chi connectivity index (χ1v) is 6.97. The average molecular weight is 281 g/mol. The van der Waals surface area contributed by atoms with Crippen LogP contribution >= 0.6 is 0 Å². The van der Waals surface area contributed by atoms with Crippen LogP contribution in [0.1, 0.15) is 39.0 Å². The van der Waals surface area contributed by atoms with E-state index in [0.717, 1.165) is 38.0 Å². The average Bonchev–Trinajstić information content (AvgIpc) is 2.45. The van der Waals surface area contributed by atoms with Crippen molar-refractivity contribution < 1.29 is 14.6 Å². The second-order valence-corrected chi connectivity index (χ2v) is 4.75. The highest BCUT2D eigenvalue weighted by atomic mass is 16.5. The van der Waals surface area contributed by atoms with Gasteiger partial charge in [-0.3, -0.25) is 4.79 Å². The molecule has 0 aliphatic carbocycles. The van der Waals surface area contributed by atoms with Crippen LogP contribution in [0.25, 0.3) is 0 Å². The number of anilines is 1. The molecule has 6 heteroatoms. The first-order chi connectivity index (χ1) is 9.65. The number of ether oxygens (including phenoxy) is 1. The fraction of sp³-hybridized carbons (Fsp3) is 0.643. The molecule has 0 aliphatic rings. The predicted molar refractivity (Wildman–Crippen MR) is 77.0 cm³/mol. The molecule has 1 aromatic rings. The molecular weight excluding hydrogens is 258 g/mol. The fourth-order valence-electron chi connectivity index (χ4n) is 2.12. The van der Waals surface area contributed by atoms with E-state index in [-0.39, 0.29) is 6.42 Å². The van der Waals surface area contributed by atoms with Gasteiger partial charge in [-0.1, -0.05) is 19.8 Å². The lowest BCUT2D eigenvalue weighted by molar-refractivity contribution is -0.137. The van der Waals surface area contributed by atoms with Gasteiger partial charge in [0, 0.05) is 19.0 Å². The largest absolute Gasteiger partial charge is 0.481 e. The van der Waals surface area contributed by atoms with Crippen molar-refractivity contribution in [3.05, 3.63) is 12.4 Å². The van der Waals surface area contributed by atoms with Crippen LogP contribution in [-0.2, 0) is 4.79 Å². The molecule has 0 saturated heterocycles. The van der Waals surface area contributed by atoms with E-state index in [1.165, 1.54) is 6.33 Å². The Morgan fingerprint density at radius 1 is 1.40 bits per heavy atom. The third-order valence-corrected chi connectivity index (χ3v) is 3.17. The minimum atomic E-state index is -0.723. The van der Waals surface area contributed by atoms with Crippen molar-refractivity contribution in [2.24, 2.45) is 5.92 Å². The van der Waals surface area contributed by atoms with E-state index in [2.05, 4.69) is 22.2 Å². The van der Waals surface area contributed by atoms with Gasteiger partial charge in [-0.15, -0.1) is 0 Å². The Bertz CT molecular complexity index is 412. The third kappa shape index (κ3) is 6.36. The van der Waals surface area contributed by atoms with Crippen LogP contribution in [0.2, 0.25) is 0 Å². The molecule has 1 aromatic heterocycles. The van der Waals surface area contributed by atoms with Crippen LogP contribution < -0.4 is 10.1 Å². The highest BCUT2D eigenvalue weighted by molar-refractivity contribution is 5.66. The molecule has 0 saturated carbocycles. The minimum Gasteiger partial charge on any atom is -0.481 e. The number of carboxylic acids is 1. The zero-order valence-electron chi connectivity index (χ0n) is 12.1. The Balaban J connectivity index is 2.36. The number of methoxy groups -OCH3 is 1. The molecule has 6 nitrogen and oxygen atoms in total. The van der Waals surface area contributed by atoms with E-state index in [0.29, 0.717) is 11.8 Å². The van der Waals surface area contributed by atoms with Gasteiger partial charge >= 0.3 is 5.97 Å². The maximum Gasteiger partial charge on any atom is 0.303 e. The fourth-order valence-corrected chi connectivity index (χ4v) is 2.12. The molecular formula is C14H23N3O3. The van der Waals surface area contributed by atoms with Crippen molar-refractivity contribution in [2.45, 2.75) is 39.0 Å². The Morgan fingerprint density at radius 3 is 2.85 bits per heavy atom. The topological polar surface area (TPSA) is 84.3 Å². The molecule has 1 atom stereocenters. The quantitative estimate of drug-likeness (QED) is 0.685. The van der Waals surface area contributed by atoms with E-state index in [1.54, 1.807) is 13.2 Å². The summed E-state index contributed by atoms with van der Waals surface area (Å²) in [5, 5.41) is 12.0. The number of carboxylic acid groups (broad SMARTS) is 1. The van der Waals surface area contributed by atoms with E-state index < -0.39 is 5.97 Å². The summed E-state index contributed by atoms with van der Waals surface area (Å²) in [5.41, 5.74) is 0. The SMILES string of the molecule is CCCC(CCNc1cc(OC)ncn1)CCC(=O)O. The molecule has 2 N–H and O–H groups in total. The van der Waals surface area contributed by atoms with Crippen LogP contribution in [0.15, 0.2) is 12.4 Å². The predicted octanol–water partition coefficient (Wildman–Crippen LogP) is 2.57. The normalized spacial score (nSPS) is 11.9. The van der Waals surface area contributed by atoms with E-state index in [1.807, 2.05) is 0 Å². The molecule has 0 radical (unpaired) electrons. The highest BCUT2D eigenvalue weighted by Gasteiger charge is 2.10. The van der Waals surface area contributed by atoms with Crippen LogP contribution in [0.3, 0.4) is 0 Å². The Labute approximate surface area is 119 Å². The van der Waals surface area contributed by atoms with Gasteiger partial charge in [0.25, 0.3) is 0 Å². The number of rotatable bonds is 10. The number of carbonyl (C=O) groups is 1. The van der Waals surface area contributed by atoms with Gasteiger partial charge in [-0.2, -0.15) is 0 Å². The molecule has 112 valence electrons. The van der Waals surface area contributed by atoms with Crippen molar-refractivity contribution in [1.29, 1.82) is 0 Å². The summed E-state index contributed by atoms with van der Waals surface area (Å²) in [7, 11) is 1.56. The summed E-state index contributed by atoms with van der Waals surface area (Å²) in [5.74, 6) is 0.968. The molecule has 0 aromatic carbocycles.